The number of rotatable bonds is 16. The summed E-state index contributed by atoms with van der Waals surface area (Å²) in [6, 6.07) is 9.35. The predicted molar refractivity (Wildman–Crippen MR) is 150 cm³/mol. The molecule has 2 rings (SSSR count). The average Bonchev–Trinajstić information content (AvgIpc) is 3.04. The van der Waals surface area contributed by atoms with Crippen molar-refractivity contribution < 1.29 is 114 Å². The van der Waals surface area contributed by atoms with Crippen molar-refractivity contribution in [2.75, 3.05) is 0 Å². The molecule has 0 aromatic heterocycles. The Hall–Kier alpha value is -2.87. The minimum absolute atomic E-state index is 0.229. The maximum absolute atomic E-state index is 16.1. The molecule has 2 aromatic rings. The van der Waals surface area contributed by atoms with Crippen LogP contribution < -0.4 is 0 Å². The van der Waals surface area contributed by atoms with Crippen LogP contribution in [0.5, 0.6) is 0 Å². The number of fused-ring (bicyclic) bond motifs is 1. The number of hydrogen-bond acceptors (Lipinski definition) is 1. The molecule has 0 amide bonds. The smallest absolute Gasteiger partial charge is 0.403 e. The van der Waals surface area contributed by atoms with E-state index in [9.17, 15) is 83.4 Å². The van der Waals surface area contributed by atoms with E-state index in [0.717, 1.165) is 19.1 Å². The van der Waals surface area contributed by atoms with E-state index in [-0.39, 0.29) is 10.9 Å². The van der Waals surface area contributed by atoms with Crippen molar-refractivity contribution >= 4 is 19.1 Å². The second kappa shape index (κ2) is 14.1. The Labute approximate surface area is 304 Å². The summed E-state index contributed by atoms with van der Waals surface area (Å²) in [6.45, 7) is 2.87. The Bertz CT molecular complexity index is 1740. The molecular weight excluding hydrogens is 879 g/mol. The molecule has 0 aliphatic rings. The van der Waals surface area contributed by atoms with Crippen LogP contribution in [-0.2, 0) is 4.43 Å². The molecule has 0 fully saturated rings. The van der Waals surface area contributed by atoms with Crippen LogP contribution in [0.1, 0.15) is 46.3 Å². The number of alkyl halides is 25. The second-order valence-corrected chi connectivity index (χ2v) is 18.0. The summed E-state index contributed by atoms with van der Waals surface area (Å²) >= 11 is 0. The molecule has 27 heteroatoms. The molecule has 0 heterocycles. The van der Waals surface area contributed by atoms with Crippen molar-refractivity contribution in [3.8, 4) is 0 Å². The number of benzene rings is 2. The van der Waals surface area contributed by atoms with Crippen LogP contribution in [0.25, 0.3) is 10.8 Å². The van der Waals surface area contributed by atoms with Gasteiger partial charge in [-0.2, -0.15) is 101 Å². The molecule has 0 radical (unpaired) electrons. The summed E-state index contributed by atoms with van der Waals surface area (Å²) in [4.78, 5) is 0. The zero-order valence-corrected chi connectivity index (χ0v) is 29.6. The topological polar surface area (TPSA) is 9.23 Å². The monoisotopic (exact) mass is 904 g/mol. The molecule has 0 saturated heterocycles. The van der Waals surface area contributed by atoms with Gasteiger partial charge in [0.15, 0.2) is 0 Å². The Morgan fingerprint density at radius 1 is 0.386 bits per heavy atom. The van der Waals surface area contributed by atoms with Crippen LogP contribution in [0.15, 0.2) is 42.5 Å². The molecule has 1 atom stereocenters. The molecule has 330 valence electrons. The van der Waals surface area contributed by atoms with Gasteiger partial charge in [-0.15, -0.1) is 0 Å². The third-order valence-electron chi connectivity index (χ3n) is 9.12. The molecule has 0 bridgehead atoms. The Morgan fingerprint density at radius 2 is 0.684 bits per heavy atom. The second-order valence-electron chi connectivity index (χ2n) is 13.3. The van der Waals surface area contributed by atoms with Crippen molar-refractivity contribution in [1.82, 2.24) is 0 Å². The lowest BCUT2D eigenvalue weighted by Gasteiger charge is -2.50. The van der Waals surface area contributed by atoms with Gasteiger partial charge in [-0.3, -0.25) is 0 Å². The molecule has 0 saturated carbocycles. The molecule has 0 aliphatic heterocycles. The number of hydrogen-bond donors (Lipinski definition) is 0. The van der Waals surface area contributed by atoms with Gasteiger partial charge in [0.25, 0.3) is 8.32 Å². The van der Waals surface area contributed by atoms with Crippen LogP contribution >= 0.6 is 0 Å². The lowest BCUT2D eigenvalue weighted by molar-refractivity contribution is -0.481. The van der Waals surface area contributed by atoms with Gasteiger partial charge in [-0.1, -0.05) is 64.1 Å². The van der Waals surface area contributed by atoms with Crippen molar-refractivity contribution in [2.24, 2.45) is 0 Å². The van der Waals surface area contributed by atoms with Crippen LogP contribution in [0.2, 0.25) is 11.1 Å². The van der Waals surface area contributed by atoms with Crippen LogP contribution in [0.4, 0.5) is 110 Å². The molecule has 57 heavy (non-hydrogen) atoms. The summed E-state index contributed by atoms with van der Waals surface area (Å²) in [5.74, 6) is -92.0. The van der Waals surface area contributed by atoms with Crippen LogP contribution in [0, 0.1) is 0 Å². The highest BCUT2D eigenvalue weighted by atomic mass is 28.4. The Kier molecular flexibility index (Phi) is 12.4. The zero-order chi connectivity index (χ0) is 45.6. The SMILES string of the molecule is CC(O[Si](C(C)C)(C(C)C)C(F)(F)C(F)(F)C(F)(F)C(F)(F)C(F)(F)C(F)(F)C(F)(F)C(F)(F)C(F)(F)C(F)(F)C(F)(F)C(F)(F)F)c1ccc2ccccc2c1. The molecule has 1 nitrogen and oxygen atoms in total. The summed E-state index contributed by atoms with van der Waals surface area (Å²) in [5, 5.41) is 0.734. The summed E-state index contributed by atoms with van der Waals surface area (Å²) in [6.07, 6.45) is -10.1. The van der Waals surface area contributed by atoms with Gasteiger partial charge in [0, 0.05) is 0 Å². The third kappa shape index (κ3) is 6.50. The Balaban J connectivity index is 2.83. The highest BCUT2D eigenvalue weighted by Gasteiger charge is 3.00. The maximum Gasteiger partial charge on any atom is 0.460 e. The normalized spacial score (nSPS) is 16.6. The first-order valence-electron chi connectivity index (χ1n) is 15.2. The lowest BCUT2D eigenvalue weighted by atomic mass is 9.85. The van der Waals surface area contributed by atoms with E-state index in [2.05, 4.69) is 0 Å². The van der Waals surface area contributed by atoms with Gasteiger partial charge in [-0.25, -0.2) is 8.78 Å². The minimum Gasteiger partial charge on any atom is -0.403 e. The van der Waals surface area contributed by atoms with Crippen LogP contribution in [-0.4, -0.2) is 79.3 Å². The predicted octanol–water partition coefficient (Wildman–Crippen LogP) is 13.8. The third-order valence-corrected chi connectivity index (χ3v) is 14.6. The first-order valence-corrected chi connectivity index (χ1v) is 17.3. The van der Waals surface area contributed by atoms with E-state index >= 15 is 26.3 Å². The zero-order valence-electron chi connectivity index (χ0n) is 28.6. The minimum atomic E-state index is -9.64. The van der Waals surface area contributed by atoms with E-state index < -0.39 is 96.5 Å². The number of halogens is 25. The average molecular weight is 905 g/mol. The molecule has 0 aliphatic carbocycles. The van der Waals surface area contributed by atoms with Crippen LogP contribution in [0.3, 0.4) is 0 Å². The maximum atomic E-state index is 16.1. The van der Waals surface area contributed by atoms with Crippen molar-refractivity contribution in [3.63, 3.8) is 0 Å². The van der Waals surface area contributed by atoms with Crippen molar-refractivity contribution in [3.05, 3.63) is 48.0 Å². The summed E-state index contributed by atoms with van der Waals surface area (Å²) in [5.41, 5.74) is -11.7. The summed E-state index contributed by atoms with van der Waals surface area (Å²) in [7, 11) is -6.51. The first kappa shape index (κ1) is 50.3. The first-order chi connectivity index (χ1) is 24.8. The fourth-order valence-electron chi connectivity index (χ4n) is 5.76. The largest absolute Gasteiger partial charge is 0.460 e. The molecule has 0 spiro atoms. The standard InChI is InChI=1S/C30H25F25OSi/c1-13(2)57(14(3)4,56-15(5)17-11-10-16-8-6-7-9-18(16)12-17)30(54,55)28(49,50)26(45,46)24(41,42)22(37,38)20(33,34)19(31,32)21(35,36)23(39,40)25(43,44)27(47,48)29(51,52)53/h6-15H,1-5H3. The van der Waals surface area contributed by atoms with Gasteiger partial charge >= 0.3 is 70.9 Å². The van der Waals surface area contributed by atoms with Gasteiger partial charge in [-0.05, 0) is 40.4 Å². The summed E-state index contributed by atoms with van der Waals surface area (Å²) < 4.78 is 360. The van der Waals surface area contributed by atoms with Crippen molar-refractivity contribution in [2.45, 2.75) is 123 Å². The molecule has 1 unspecified atom stereocenters. The van der Waals surface area contributed by atoms with E-state index in [4.69, 9.17) is 4.43 Å². The van der Waals surface area contributed by atoms with E-state index in [1.54, 1.807) is 0 Å². The molecular formula is C30H25F25OSi. The van der Waals surface area contributed by atoms with Gasteiger partial charge < -0.3 is 4.43 Å². The molecule has 0 N–H and O–H groups in total. The van der Waals surface area contributed by atoms with E-state index in [1.807, 2.05) is 0 Å². The quantitative estimate of drug-likeness (QED) is 0.120. The van der Waals surface area contributed by atoms with E-state index in [0.29, 0.717) is 33.1 Å². The fraction of sp³-hybridized carbons (Fsp3) is 0.667. The van der Waals surface area contributed by atoms with E-state index in [1.165, 1.54) is 30.3 Å². The van der Waals surface area contributed by atoms with Gasteiger partial charge in [0.2, 0.25) is 0 Å². The molecule has 2 aromatic carbocycles. The highest BCUT2D eigenvalue weighted by Crippen LogP contribution is 2.69. The lowest BCUT2D eigenvalue weighted by Crippen LogP contribution is -2.80. The highest BCUT2D eigenvalue weighted by molar-refractivity contribution is 6.79. The van der Waals surface area contributed by atoms with Gasteiger partial charge in [0.1, 0.15) is 0 Å². The van der Waals surface area contributed by atoms with Gasteiger partial charge in [0.05, 0.1) is 6.10 Å². The van der Waals surface area contributed by atoms with Crippen molar-refractivity contribution in [1.29, 1.82) is 0 Å². The fourth-order valence-corrected chi connectivity index (χ4v) is 10.6. The Morgan fingerprint density at radius 3 is 1.00 bits per heavy atom.